The van der Waals surface area contributed by atoms with Gasteiger partial charge < -0.3 is 10.5 Å². The number of ether oxygens (including phenoxy) is 1. The number of aromatic nitrogens is 1. The van der Waals surface area contributed by atoms with Gasteiger partial charge in [-0.25, -0.2) is 4.99 Å². The smallest absolute Gasteiger partial charge is 0.184 e. The summed E-state index contributed by atoms with van der Waals surface area (Å²) in [5.74, 6) is 0.561. The number of halogens is 1. The maximum absolute atomic E-state index is 6.32. The van der Waals surface area contributed by atoms with Crippen molar-refractivity contribution in [2.75, 3.05) is 7.11 Å². The van der Waals surface area contributed by atoms with Gasteiger partial charge in [-0.05, 0) is 68.7 Å². The van der Waals surface area contributed by atoms with Crippen LogP contribution < -0.4 is 5.73 Å². The van der Waals surface area contributed by atoms with Crippen molar-refractivity contribution in [2.24, 2.45) is 21.1 Å². The zero-order valence-electron chi connectivity index (χ0n) is 17.5. The van der Waals surface area contributed by atoms with E-state index < -0.39 is 5.66 Å². The zero-order valence-corrected chi connectivity index (χ0v) is 18.2. The highest BCUT2D eigenvalue weighted by molar-refractivity contribution is 6.41. The van der Waals surface area contributed by atoms with Crippen LogP contribution in [0.1, 0.15) is 50.2 Å². The molecule has 1 fully saturated rings. The largest absolute Gasteiger partial charge is 0.382 e. The number of benzene rings is 1. The van der Waals surface area contributed by atoms with E-state index in [9.17, 15) is 0 Å². The number of hydrogen-bond donors (Lipinski definition) is 1. The normalized spacial score (nSPS) is 30.3. The van der Waals surface area contributed by atoms with Gasteiger partial charge in [0, 0.05) is 36.0 Å². The number of amidine groups is 1. The van der Waals surface area contributed by atoms with Crippen LogP contribution >= 0.6 is 11.6 Å². The third-order valence-corrected chi connectivity index (χ3v) is 7.55. The van der Waals surface area contributed by atoms with Gasteiger partial charge >= 0.3 is 0 Å². The van der Waals surface area contributed by atoms with Crippen molar-refractivity contribution < 1.29 is 4.74 Å². The molecule has 1 unspecified atom stereocenters. The van der Waals surface area contributed by atoms with E-state index in [0.29, 0.717) is 17.0 Å². The number of aryl methyl sites for hydroxylation is 1. The lowest BCUT2D eigenvalue weighted by Gasteiger charge is -2.52. The summed E-state index contributed by atoms with van der Waals surface area (Å²) in [7, 11) is 1.81. The fraction of sp³-hybridized carbons (Fsp3) is 0.458. The summed E-state index contributed by atoms with van der Waals surface area (Å²) in [6, 6.07) is 8.56. The molecule has 30 heavy (non-hydrogen) atoms. The van der Waals surface area contributed by atoms with Gasteiger partial charge in [-0.1, -0.05) is 23.7 Å². The van der Waals surface area contributed by atoms with E-state index in [2.05, 4.69) is 23.2 Å². The first-order valence-corrected chi connectivity index (χ1v) is 11.0. The standard InChI is InChI=1S/C24H27ClN4O/c1-15-22(26)29-24(28-15)21-12-17(18-11-19(25)14-27-13-18)4-3-16(21)5-8-23(24)9-6-20(30-2)7-10-23/h3-4,11-14,20H,5-10H2,1-2H3,(H2,26,29)/t20-,23-,24?. The van der Waals surface area contributed by atoms with Crippen molar-refractivity contribution in [3.05, 3.63) is 52.8 Å². The van der Waals surface area contributed by atoms with Crippen LogP contribution in [-0.2, 0) is 16.8 Å². The van der Waals surface area contributed by atoms with Gasteiger partial charge in [0.15, 0.2) is 5.66 Å². The average molecular weight is 423 g/mol. The van der Waals surface area contributed by atoms with Crippen LogP contribution in [0.3, 0.4) is 0 Å². The predicted molar refractivity (Wildman–Crippen MR) is 121 cm³/mol. The Hall–Kier alpha value is -2.24. The van der Waals surface area contributed by atoms with E-state index >= 15 is 0 Å². The molecule has 156 valence electrons. The summed E-state index contributed by atoms with van der Waals surface area (Å²) in [5, 5.41) is 0.631. The predicted octanol–water partition coefficient (Wildman–Crippen LogP) is 4.91. The first-order valence-electron chi connectivity index (χ1n) is 10.7. The van der Waals surface area contributed by atoms with E-state index in [4.69, 9.17) is 32.1 Å². The third-order valence-electron chi connectivity index (χ3n) is 7.34. The molecule has 1 saturated carbocycles. The molecule has 5 nitrogen and oxygen atoms in total. The van der Waals surface area contributed by atoms with E-state index in [0.717, 1.165) is 55.4 Å². The Morgan fingerprint density at radius 3 is 2.53 bits per heavy atom. The van der Waals surface area contributed by atoms with Crippen molar-refractivity contribution in [3.8, 4) is 11.1 Å². The first-order chi connectivity index (χ1) is 14.5. The molecule has 0 saturated heterocycles. The highest BCUT2D eigenvalue weighted by Crippen LogP contribution is 2.60. The van der Waals surface area contributed by atoms with E-state index in [-0.39, 0.29) is 5.41 Å². The van der Waals surface area contributed by atoms with Crippen LogP contribution in [0, 0.1) is 5.41 Å². The van der Waals surface area contributed by atoms with Gasteiger partial charge in [0.05, 0.1) is 16.8 Å². The lowest BCUT2D eigenvalue weighted by molar-refractivity contribution is -0.0180. The van der Waals surface area contributed by atoms with Crippen LogP contribution in [-0.4, -0.2) is 29.7 Å². The molecule has 1 aromatic heterocycles. The lowest BCUT2D eigenvalue weighted by Crippen LogP contribution is -2.49. The molecule has 1 aromatic carbocycles. The summed E-state index contributed by atoms with van der Waals surface area (Å²) in [6.45, 7) is 1.97. The Kier molecular flexibility index (Phi) is 4.71. The van der Waals surface area contributed by atoms with Gasteiger partial charge in [0.25, 0.3) is 0 Å². The highest BCUT2D eigenvalue weighted by atomic mass is 35.5. The molecule has 2 aliphatic carbocycles. The number of hydrogen-bond acceptors (Lipinski definition) is 5. The average Bonchev–Trinajstić information content (AvgIpc) is 3.07. The molecular weight excluding hydrogens is 396 g/mol. The third kappa shape index (κ3) is 2.90. The van der Waals surface area contributed by atoms with Crippen LogP contribution in [0.15, 0.2) is 46.6 Å². The summed E-state index contributed by atoms with van der Waals surface area (Å²) in [6.07, 6.45) is 10.1. The van der Waals surface area contributed by atoms with Crippen LogP contribution in [0.4, 0.5) is 0 Å². The number of nitrogens with two attached hydrogens (primary N) is 1. The molecule has 0 amide bonds. The molecule has 0 radical (unpaired) electrons. The van der Waals surface area contributed by atoms with Gasteiger partial charge in [-0.2, -0.15) is 0 Å². The Balaban J connectivity index is 1.67. The molecular formula is C24H27ClN4O. The molecule has 2 heterocycles. The minimum atomic E-state index is -0.643. The molecule has 2 aromatic rings. The fourth-order valence-corrected chi connectivity index (χ4v) is 5.79. The van der Waals surface area contributed by atoms with Gasteiger partial charge in [-0.15, -0.1) is 0 Å². The SMILES string of the molecule is CO[C@H]1CC[C@@]2(CCc3ccc(-c4cncc(Cl)c4)cc3C23N=C(C)C(N)=N3)CC1. The minimum Gasteiger partial charge on any atom is -0.382 e. The molecule has 6 heteroatoms. The Morgan fingerprint density at radius 1 is 1.07 bits per heavy atom. The van der Waals surface area contributed by atoms with Crippen LogP contribution in [0.2, 0.25) is 5.02 Å². The number of rotatable bonds is 2. The van der Waals surface area contributed by atoms with E-state index in [1.54, 1.807) is 6.20 Å². The number of fused-ring (bicyclic) bond motifs is 3. The maximum Gasteiger partial charge on any atom is 0.184 e. The number of methoxy groups -OCH3 is 1. The summed E-state index contributed by atoms with van der Waals surface area (Å²) < 4.78 is 5.66. The summed E-state index contributed by atoms with van der Waals surface area (Å²) >= 11 is 6.21. The number of aliphatic imine (C=N–C) groups is 2. The molecule has 1 atom stereocenters. The number of nitrogens with zero attached hydrogens (tertiary/aromatic N) is 3. The number of pyridine rings is 1. The van der Waals surface area contributed by atoms with Gasteiger partial charge in [-0.3, -0.25) is 9.98 Å². The topological polar surface area (TPSA) is 72.9 Å². The van der Waals surface area contributed by atoms with Crippen molar-refractivity contribution in [1.29, 1.82) is 0 Å². The maximum atomic E-state index is 6.32. The van der Waals surface area contributed by atoms with Crippen LogP contribution in [0.25, 0.3) is 11.1 Å². The Morgan fingerprint density at radius 2 is 1.87 bits per heavy atom. The zero-order chi connectivity index (χ0) is 20.9. The van der Waals surface area contributed by atoms with Gasteiger partial charge in [0.1, 0.15) is 5.84 Å². The second-order valence-corrected chi connectivity index (χ2v) is 9.28. The van der Waals surface area contributed by atoms with Crippen molar-refractivity contribution in [1.82, 2.24) is 4.98 Å². The van der Waals surface area contributed by atoms with Gasteiger partial charge in [0.2, 0.25) is 0 Å². The molecule has 2 spiro atoms. The van der Waals surface area contributed by atoms with Crippen molar-refractivity contribution in [2.45, 2.75) is 57.2 Å². The summed E-state index contributed by atoms with van der Waals surface area (Å²) in [5.41, 5.74) is 11.1. The molecule has 2 N–H and O–H groups in total. The second kappa shape index (κ2) is 7.17. The van der Waals surface area contributed by atoms with E-state index in [1.807, 2.05) is 26.3 Å². The fourth-order valence-electron chi connectivity index (χ4n) is 5.62. The van der Waals surface area contributed by atoms with E-state index in [1.165, 1.54) is 11.1 Å². The summed E-state index contributed by atoms with van der Waals surface area (Å²) in [4.78, 5) is 14.5. The molecule has 5 rings (SSSR count). The Labute approximate surface area is 182 Å². The molecule has 0 bridgehead atoms. The minimum absolute atomic E-state index is 0.0252. The molecule has 3 aliphatic rings. The van der Waals surface area contributed by atoms with Crippen molar-refractivity contribution >= 4 is 23.1 Å². The quantitative estimate of drug-likeness (QED) is 0.747. The van der Waals surface area contributed by atoms with Crippen molar-refractivity contribution in [3.63, 3.8) is 0 Å². The monoisotopic (exact) mass is 422 g/mol. The lowest BCUT2D eigenvalue weighted by atomic mass is 9.57. The highest BCUT2D eigenvalue weighted by Gasteiger charge is 2.58. The molecule has 1 aliphatic heterocycles. The second-order valence-electron chi connectivity index (χ2n) is 8.85. The van der Waals surface area contributed by atoms with Crippen LogP contribution in [0.5, 0.6) is 0 Å². The first kappa shape index (κ1) is 19.7. The Bertz CT molecular complexity index is 1030.